The Balaban J connectivity index is 3.03. The van der Waals surface area contributed by atoms with Crippen molar-refractivity contribution >= 4 is 21.4 Å². The van der Waals surface area contributed by atoms with Crippen LogP contribution in [0.4, 0.5) is 11.4 Å². The smallest absolute Gasteiger partial charge is 0.240 e. The largest absolute Gasteiger partial charge is 0.397 e. The molecular weight excluding hydrogens is 278 g/mol. The van der Waals surface area contributed by atoms with E-state index in [1.165, 1.54) is 12.1 Å². The molecule has 0 fully saturated rings. The van der Waals surface area contributed by atoms with Crippen molar-refractivity contribution in [2.45, 2.75) is 37.6 Å². The van der Waals surface area contributed by atoms with Crippen molar-refractivity contribution < 1.29 is 13.5 Å². The summed E-state index contributed by atoms with van der Waals surface area (Å²) < 4.78 is 26.4. The zero-order chi connectivity index (χ0) is 15.2. The number of nitrogens with two attached hydrogens (primary N) is 1. The van der Waals surface area contributed by atoms with Crippen LogP contribution in [0.2, 0.25) is 0 Å². The Labute approximate surface area is 120 Å². The number of nitrogens with one attached hydrogen (secondary N) is 2. The predicted octanol–water partition coefficient (Wildman–Crippen LogP) is 1.14. The molecule has 0 radical (unpaired) electrons. The summed E-state index contributed by atoms with van der Waals surface area (Å²) in [6, 6.07) is 4.62. The topological polar surface area (TPSA) is 104 Å². The number of benzene rings is 1. The first kappa shape index (κ1) is 16.7. The van der Waals surface area contributed by atoms with Crippen molar-refractivity contribution in [2.75, 3.05) is 24.2 Å². The standard InChI is InChI=1S/C13H23N3O3S/c1-3-10(7-8-17)16-13-9-11(5-6-12(13)14)20(18,19)15-4-2/h5-6,9-10,15-17H,3-4,7-8,14H2,1-2H3. The van der Waals surface area contributed by atoms with Crippen molar-refractivity contribution in [3.8, 4) is 0 Å². The minimum atomic E-state index is -3.50. The molecule has 114 valence electrons. The molecule has 0 aliphatic heterocycles. The van der Waals surface area contributed by atoms with Gasteiger partial charge in [-0.1, -0.05) is 13.8 Å². The van der Waals surface area contributed by atoms with Gasteiger partial charge in [-0.2, -0.15) is 0 Å². The van der Waals surface area contributed by atoms with Crippen LogP contribution in [0.15, 0.2) is 23.1 Å². The van der Waals surface area contributed by atoms with Crippen molar-refractivity contribution in [3.63, 3.8) is 0 Å². The first-order valence-electron chi connectivity index (χ1n) is 6.71. The summed E-state index contributed by atoms with van der Waals surface area (Å²) in [6.07, 6.45) is 1.39. The van der Waals surface area contributed by atoms with Crippen LogP contribution in [-0.4, -0.2) is 32.7 Å². The van der Waals surface area contributed by atoms with Crippen molar-refractivity contribution in [3.05, 3.63) is 18.2 Å². The van der Waals surface area contributed by atoms with Crippen LogP contribution in [0.3, 0.4) is 0 Å². The molecule has 1 aromatic rings. The maximum Gasteiger partial charge on any atom is 0.240 e. The summed E-state index contributed by atoms with van der Waals surface area (Å²) in [7, 11) is -3.50. The van der Waals surface area contributed by atoms with Gasteiger partial charge in [0.25, 0.3) is 0 Å². The lowest BCUT2D eigenvalue weighted by atomic mass is 10.1. The Morgan fingerprint density at radius 3 is 2.60 bits per heavy atom. The highest BCUT2D eigenvalue weighted by molar-refractivity contribution is 7.89. The van der Waals surface area contributed by atoms with Gasteiger partial charge in [0.15, 0.2) is 0 Å². The van der Waals surface area contributed by atoms with Crippen molar-refractivity contribution in [2.24, 2.45) is 0 Å². The first-order chi connectivity index (χ1) is 9.44. The number of hydrogen-bond donors (Lipinski definition) is 4. The normalized spacial score (nSPS) is 13.2. The third-order valence-corrected chi connectivity index (χ3v) is 4.54. The van der Waals surface area contributed by atoms with Crippen LogP contribution in [0.5, 0.6) is 0 Å². The van der Waals surface area contributed by atoms with E-state index in [0.717, 1.165) is 6.42 Å². The van der Waals surface area contributed by atoms with Crippen LogP contribution in [0.1, 0.15) is 26.7 Å². The van der Waals surface area contributed by atoms with Crippen LogP contribution < -0.4 is 15.8 Å². The van der Waals surface area contributed by atoms with Gasteiger partial charge in [-0.15, -0.1) is 0 Å². The maximum atomic E-state index is 12.0. The molecule has 0 aliphatic carbocycles. The maximum absolute atomic E-state index is 12.0. The summed E-state index contributed by atoms with van der Waals surface area (Å²) in [5.41, 5.74) is 6.92. The monoisotopic (exact) mass is 301 g/mol. The Bertz CT molecular complexity index is 532. The van der Waals surface area contributed by atoms with Crippen LogP contribution in [0.25, 0.3) is 0 Å². The van der Waals surface area contributed by atoms with E-state index >= 15 is 0 Å². The van der Waals surface area contributed by atoms with Gasteiger partial charge >= 0.3 is 0 Å². The minimum Gasteiger partial charge on any atom is -0.397 e. The molecule has 0 aliphatic rings. The average molecular weight is 301 g/mol. The lowest BCUT2D eigenvalue weighted by Crippen LogP contribution is -2.24. The molecule has 0 aromatic heterocycles. The Morgan fingerprint density at radius 1 is 1.35 bits per heavy atom. The molecule has 0 amide bonds. The van der Waals surface area contributed by atoms with Crippen molar-refractivity contribution in [1.82, 2.24) is 4.72 Å². The highest BCUT2D eigenvalue weighted by Crippen LogP contribution is 2.24. The number of rotatable bonds is 8. The van der Waals surface area contributed by atoms with E-state index in [4.69, 9.17) is 10.8 Å². The van der Waals surface area contributed by atoms with E-state index in [2.05, 4.69) is 10.0 Å². The number of sulfonamides is 1. The summed E-state index contributed by atoms with van der Waals surface area (Å²) >= 11 is 0. The van der Waals surface area contributed by atoms with Gasteiger partial charge in [-0.3, -0.25) is 0 Å². The lowest BCUT2D eigenvalue weighted by molar-refractivity contribution is 0.278. The highest BCUT2D eigenvalue weighted by Gasteiger charge is 2.15. The molecule has 0 spiro atoms. The number of anilines is 2. The molecule has 1 rings (SSSR count). The molecule has 5 N–H and O–H groups in total. The van der Waals surface area contributed by atoms with Crippen LogP contribution >= 0.6 is 0 Å². The number of hydrogen-bond acceptors (Lipinski definition) is 5. The molecule has 1 unspecified atom stereocenters. The van der Waals surface area contributed by atoms with E-state index in [0.29, 0.717) is 24.3 Å². The molecule has 0 saturated carbocycles. The minimum absolute atomic E-state index is 0.0550. The van der Waals surface area contributed by atoms with Gasteiger partial charge in [0, 0.05) is 19.2 Å². The highest BCUT2D eigenvalue weighted by atomic mass is 32.2. The first-order valence-corrected chi connectivity index (χ1v) is 8.19. The fourth-order valence-electron chi connectivity index (χ4n) is 1.86. The summed E-state index contributed by atoms with van der Waals surface area (Å²) in [5, 5.41) is 12.2. The third-order valence-electron chi connectivity index (χ3n) is 3.00. The molecule has 1 atom stereocenters. The number of nitrogen functional groups attached to an aromatic ring is 1. The Kier molecular flexibility index (Phi) is 6.25. The van der Waals surface area contributed by atoms with E-state index < -0.39 is 10.0 Å². The fourth-order valence-corrected chi connectivity index (χ4v) is 2.92. The zero-order valence-corrected chi connectivity index (χ0v) is 12.7. The van der Waals surface area contributed by atoms with E-state index in [1.807, 2.05) is 6.92 Å². The molecule has 0 saturated heterocycles. The van der Waals surface area contributed by atoms with Gasteiger partial charge < -0.3 is 16.2 Å². The van der Waals surface area contributed by atoms with Gasteiger partial charge in [0.2, 0.25) is 10.0 Å². The summed E-state index contributed by atoms with van der Waals surface area (Å²) in [5.74, 6) is 0. The fraction of sp³-hybridized carbons (Fsp3) is 0.538. The lowest BCUT2D eigenvalue weighted by Gasteiger charge is -2.19. The third kappa shape index (κ3) is 4.36. The summed E-state index contributed by atoms with van der Waals surface area (Å²) in [4.78, 5) is 0.176. The summed E-state index contributed by atoms with van der Waals surface area (Å²) in [6.45, 7) is 4.11. The quantitative estimate of drug-likeness (QED) is 0.539. The Morgan fingerprint density at radius 2 is 2.05 bits per heavy atom. The van der Waals surface area contributed by atoms with Crippen LogP contribution in [0, 0.1) is 0 Å². The van der Waals surface area contributed by atoms with Gasteiger partial charge in [-0.25, -0.2) is 13.1 Å². The second-order valence-electron chi connectivity index (χ2n) is 4.51. The molecule has 0 heterocycles. The second kappa shape index (κ2) is 7.47. The predicted molar refractivity (Wildman–Crippen MR) is 81.1 cm³/mol. The average Bonchev–Trinajstić information content (AvgIpc) is 2.40. The number of aliphatic hydroxyl groups excluding tert-OH is 1. The van der Waals surface area contributed by atoms with Gasteiger partial charge in [0.05, 0.1) is 16.3 Å². The molecule has 20 heavy (non-hydrogen) atoms. The molecule has 7 heteroatoms. The SMILES string of the molecule is CCNS(=O)(=O)c1ccc(N)c(NC(CC)CCO)c1. The molecule has 6 nitrogen and oxygen atoms in total. The van der Waals surface area contributed by atoms with E-state index in [-0.39, 0.29) is 17.5 Å². The van der Waals surface area contributed by atoms with Crippen molar-refractivity contribution in [1.29, 1.82) is 0 Å². The molecule has 0 bridgehead atoms. The number of aliphatic hydroxyl groups is 1. The van der Waals surface area contributed by atoms with Gasteiger partial charge in [-0.05, 0) is 31.0 Å². The Hall–Kier alpha value is -1.31. The molecular formula is C13H23N3O3S. The second-order valence-corrected chi connectivity index (χ2v) is 6.28. The van der Waals surface area contributed by atoms with E-state index in [1.54, 1.807) is 13.0 Å². The van der Waals surface area contributed by atoms with Gasteiger partial charge in [0.1, 0.15) is 0 Å². The van der Waals surface area contributed by atoms with E-state index in [9.17, 15) is 8.42 Å². The molecule has 1 aromatic carbocycles. The van der Waals surface area contributed by atoms with Crippen LogP contribution in [-0.2, 0) is 10.0 Å². The zero-order valence-electron chi connectivity index (χ0n) is 11.9.